The van der Waals surface area contributed by atoms with Crippen LogP contribution in [0.1, 0.15) is 16.1 Å². The minimum absolute atomic E-state index is 0.0109. The highest BCUT2D eigenvalue weighted by Gasteiger charge is 2.19. The van der Waals surface area contributed by atoms with Gasteiger partial charge in [-0.15, -0.1) is 11.3 Å². The molecule has 0 saturated heterocycles. The van der Waals surface area contributed by atoms with E-state index in [1.807, 2.05) is 24.3 Å². The van der Waals surface area contributed by atoms with E-state index in [9.17, 15) is 13.2 Å². The molecule has 0 bridgehead atoms. The molecular formula is C19H18N2O5S2. The Morgan fingerprint density at radius 1 is 1.14 bits per heavy atom. The van der Waals surface area contributed by atoms with Crippen molar-refractivity contribution in [3.05, 3.63) is 65.2 Å². The number of nitrogens with zero attached hydrogens (tertiary/aromatic N) is 1. The molecule has 3 aromatic rings. The third-order valence-electron chi connectivity index (χ3n) is 3.75. The molecule has 0 unspecified atom stereocenters. The van der Waals surface area contributed by atoms with Crippen molar-refractivity contribution >= 4 is 38.0 Å². The van der Waals surface area contributed by atoms with Crippen molar-refractivity contribution in [3.63, 3.8) is 0 Å². The fraction of sp³-hybridized carbons (Fsp3) is 0.158. The number of benzene rings is 2. The number of sulfone groups is 1. The topological polar surface area (TPSA) is 94.6 Å². The molecule has 1 heterocycles. The molecule has 0 aliphatic carbocycles. The van der Waals surface area contributed by atoms with Crippen LogP contribution in [0.4, 0.5) is 10.8 Å². The minimum atomic E-state index is -3.53. The summed E-state index contributed by atoms with van der Waals surface area (Å²) >= 11 is 1.37. The lowest BCUT2D eigenvalue weighted by molar-refractivity contribution is 0.0464. The van der Waals surface area contributed by atoms with E-state index in [0.717, 1.165) is 17.7 Å². The van der Waals surface area contributed by atoms with Crippen molar-refractivity contribution in [1.82, 2.24) is 4.98 Å². The van der Waals surface area contributed by atoms with Crippen molar-refractivity contribution < 1.29 is 22.7 Å². The Hall–Kier alpha value is -2.91. The van der Waals surface area contributed by atoms with Gasteiger partial charge in [-0.05, 0) is 36.4 Å². The van der Waals surface area contributed by atoms with Gasteiger partial charge >= 0.3 is 5.97 Å². The number of thiazole rings is 1. The second-order valence-corrected chi connectivity index (χ2v) is 8.68. The van der Waals surface area contributed by atoms with Crippen LogP contribution in [0.5, 0.6) is 5.75 Å². The van der Waals surface area contributed by atoms with Crippen LogP contribution >= 0.6 is 11.3 Å². The SMILES string of the molecule is COc1ccc(Nc2nc(COC(=O)c3ccccc3S(C)(=O)=O)cs2)cc1. The first kappa shape index (κ1) is 19.8. The average Bonchev–Trinajstić information content (AvgIpc) is 3.13. The smallest absolute Gasteiger partial charge is 0.339 e. The van der Waals surface area contributed by atoms with Gasteiger partial charge in [-0.2, -0.15) is 0 Å². The van der Waals surface area contributed by atoms with Gasteiger partial charge < -0.3 is 14.8 Å². The molecule has 0 saturated carbocycles. The lowest BCUT2D eigenvalue weighted by atomic mass is 10.2. The van der Waals surface area contributed by atoms with Gasteiger partial charge in [0.25, 0.3) is 0 Å². The summed E-state index contributed by atoms with van der Waals surface area (Å²) in [7, 11) is -1.93. The number of aromatic nitrogens is 1. The molecule has 0 aliphatic rings. The molecule has 1 aromatic heterocycles. The van der Waals surface area contributed by atoms with Crippen molar-refractivity contribution in [2.24, 2.45) is 0 Å². The van der Waals surface area contributed by atoms with Crippen LogP contribution in [0, 0.1) is 0 Å². The van der Waals surface area contributed by atoms with Crippen LogP contribution in [0.25, 0.3) is 0 Å². The molecule has 1 N–H and O–H groups in total. The zero-order valence-corrected chi connectivity index (χ0v) is 16.8. The van der Waals surface area contributed by atoms with E-state index in [1.54, 1.807) is 24.6 Å². The van der Waals surface area contributed by atoms with Crippen LogP contribution in [-0.2, 0) is 21.2 Å². The Morgan fingerprint density at radius 2 is 1.86 bits per heavy atom. The van der Waals surface area contributed by atoms with E-state index in [-0.39, 0.29) is 17.1 Å². The summed E-state index contributed by atoms with van der Waals surface area (Å²) in [6.45, 7) is -0.0578. The molecule has 7 nitrogen and oxygen atoms in total. The van der Waals surface area contributed by atoms with Gasteiger partial charge in [-0.1, -0.05) is 12.1 Å². The number of hydrogen-bond donors (Lipinski definition) is 1. The lowest BCUT2D eigenvalue weighted by Crippen LogP contribution is -2.11. The van der Waals surface area contributed by atoms with Crippen LogP contribution in [0.15, 0.2) is 58.8 Å². The first-order valence-electron chi connectivity index (χ1n) is 8.18. The summed E-state index contributed by atoms with van der Waals surface area (Å²) < 4.78 is 34.0. The Kier molecular flexibility index (Phi) is 5.96. The molecule has 2 aromatic carbocycles. The maximum atomic E-state index is 12.3. The van der Waals surface area contributed by atoms with E-state index in [2.05, 4.69) is 10.3 Å². The normalized spacial score (nSPS) is 11.1. The number of rotatable bonds is 7. The van der Waals surface area contributed by atoms with Crippen LogP contribution in [-0.4, -0.2) is 32.7 Å². The van der Waals surface area contributed by atoms with Gasteiger partial charge in [-0.25, -0.2) is 18.2 Å². The van der Waals surface area contributed by atoms with E-state index < -0.39 is 15.8 Å². The Bertz CT molecular complexity index is 1080. The Labute approximate surface area is 166 Å². The number of methoxy groups -OCH3 is 1. The number of carbonyl (C=O) groups is 1. The number of esters is 1. The first-order chi connectivity index (χ1) is 13.4. The molecule has 28 heavy (non-hydrogen) atoms. The third kappa shape index (κ3) is 4.87. The molecular weight excluding hydrogens is 400 g/mol. The van der Waals surface area contributed by atoms with Gasteiger partial charge in [0, 0.05) is 17.3 Å². The molecule has 3 rings (SSSR count). The second-order valence-electron chi connectivity index (χ2n) is 5.84. The fourth-order valence-electron chi connectivity index (χ4n) is 2.40. The van der Waals surface area contributed by atoms with E-state index >= 15 is 0 Å². The molecule has 9 heteroatoms. The summed E-state index contributed by atoms with van der Waals surface area (Å²) in [6.07, 6.45) is 1.05. The maximum absolute atomic E-state index is 12.3. The summed E-state index contributed by atoms with van der Waals surface area (Å²) in [5.41, 5.74) is 1.42. The molecule has 0 aliphatic heterocycles. The predicted molar refractivity (Wildman–Crippen MR) is 107 cm³/mol. The number of hydrogen-bond acceptors (Lipinski definition) is 8. The minimum Gasteiger partial charge on any atom is -0.497 e. The highest BCUT2D eigenvalue weighted by atomic mass is 32.2. The van der Waals surface area contributed by atoms with Gasteiger partial charge in [0.05, 0.1) is 23.3 Å². The molecule has 0 radical (unpaired) electrons. The standard InChI is InChI=1S/C19H18N2O5S2/c1-25-15-9-7-13(8-10-15)20-19-21-14(12-27-19)11-26-18(22)16-5-3-4-6-17(16)28(2,23)24/h3-10,12H,11H2,1-2H3,(H,20,21). The summed E-state index contributed by atoms with van der Waals surface area (Å²) in [6, 6.07) is 13.3. The van der Waals surface area contributed by atoms with Crippen molar-refractivity contribution in [2.45, 2.75) is 11.5 Å². The predicted octanol–water partition coefficient (Wildman–Crippen LogP) is 3.66. The van der Waals surface area contributed by atoms with Crippen LogP contribution < -0.4 is 10.1 Å². The number of ether oxygens (including phenoxy) is 2. The van der Waals surface area contributed by atoms with Gasteiger partial charge in [0.1, 0.15) is 12.4 Å². The zero-order valence-electron chi connectivity index (χ0n) is 15.2. The van der Waals surface area contributed by atoms with Gasteiger partial charge in [-0.3, -0.25) is 0 Å². The molecule has 0 atom stereocenters. The van der Waals surface area contributed by atoms with E-state index in [4.69, 9.17) is 9.47 Å². The quantitative estimate of drug-likeness (QED) is 0.585. The van der Waals surface area contributed by atoms with Crippen molar-refractivity contribution in [1.29, 1.82) is 0 Å². The Balaban J connectivity index is 1.64. The van der Waals surface area contributed by atoms with Crippen LogP contribution in [0.2, 0.25) is 0 Å². The fourth-order valence-corrected chi connectivity index (χ4v) is 4.00. The second kappa shape index (κ2) is 8.41. The van der Waals surface area contributed by atoms with E-state index in [1.165, 1.54) is 23.5 Å². The molecule has 0 amide bonds. The first-order valence-corrected chi connectivity index (χ1v) is 11.0. The lowest BCUT2D eigenvalue weighted by Gasteiger charge is -2.07. The van der Waals surface area contributed by atoms with Gasteiger partial charge in [0.15, 0.2) is 15.0 Å². The highest BCUT2D eigenvalue weighted by molar-refractivity contribution is 7.90. The Morgan fingerprint density at radius 3 is 2.54 bits per heavy atom. The number of nitrogens with one attached hydrogen (secondary N) is 1. The summed E-state index contributed by atoms with van der Waals surface area (Å²) in [5.74, 6) is 0.0466. The van der Waals surface area contributed by atoms with Crippen molar-refractivity contribution in [2.75, 3.05) is 18.7 Å². The van der Waals surface area contributed by atoms with E-state index in [0.29, 0.717) is 10.8 Å². The van der Waals surface area contributed by atoms with Crippen LogP contribution in [0.3, 0.4) is 0 Å². The molecule has 146 valence electrons. The third-order valence-corrected chi connectivity index (χ3v) is 5.71. The van der Waals surface area contributed by atoms with Crippen molar-refractivity contribution in [3.8, 4) is 5.75 Å². The monoisotopic (exact) mass is 418 g/mol. The average molecular weight is 418 g/mol. The summed E-state index contributed by atoms with van der Waals surface area (Å²) in [4.78, 5) is 16.6. The number of anilines is 2. The number of carbonyl (C=O) groups excluding carboxylic acids is 1. The largest absolute Gasteiger partial charge is 0.497 e. The molecule has 0 fully saturated rings. The molecule has 0 spiro atoms. The zero-order chi connectivity index (χ0) is 20.1. The summed E-state index contributed by atoms with van der Waals surface area (Å²) in [5, 5.41) is 5.57. The van der Waals surface area contributed by atoms with Gasteiger partial charge in [0.2, 0.25) is 0 Å². The highest BCUT2D eigenvalue weighted by Crippen LogP contribution is 2.23. The maximum Gasteiger partial charge on any atom is 0.339 e.